The second-order valence-electron chi connectivity index (χ2n) is 7.32. The number of carbonyl (C=O) groups excluding carboxylic acids is 1. The van der Waals surface area contributed by atoms with Crippen LogP contribution in [0.1, 0.15) is 30.2 Å². The van der Waals surface area contributed by atoms with Crippen LogP contribution in [0.3, 0.4) is 0 Å². The highest BCUT2D eigenvalue weighted by Gasteiger charge is 2.37. The molecule has 0 fully saturated rings. The van der Waals surface area contributed by atoms with E-state index in [1.54, 1.807) is 19.0 Å². The molecule has 0 N–H and O–H groups in total. The van der Waals surface area contributed by atoms with Gasteiger partial charge in [-0.1, -0.05) is 18.2 Å². The number of aromatic nitrogens is 4. The molecule has 7 heteroatoms. The molecule has 3 heterocycles. The van der Waals surface area contributed by atoms with Gasteiger partial charge in [-0.2, -0.15) is 0 Å². The van der Waals surface area contributed by atoms with Crippen LogP contribution in [-0.4, -0.2) is 55.7 Å². The van der Waals surface area contributed by atoms with Gasteiger partial charge < -0.3 is 14.0 Å². The van der Waals surface area contributed by atoms with E-state index in [1.807, 2.05) is 6.92 Å². The van der Waals surface area contributed by atoms with Crippen molar-refractivity contribution < 1.29 is 4.79 Å². The summed E-state index contributed by atoms with van der Waals surface area (Å²) in [6, 6.07) is 8.06. The van der Waals surface area contributed by atoms with Gasteiger partial charge in [-0.25, -0.2) is 0 Å². The number of para-hydroxylation sites is 1. The zero-order chi connectivity index (χ0) is 19.1. The topological polar surface area (TPSA) is 59.2 Å². The van der Waals surface area contributed by atoms with Gasteiger partial charge in [-0.3, -0.25) is 9.69 Å². The fraction of sp³-hybridized carbons (Fsp3) is 0.450. The van der Waals surface area contributed by atoms with Crippen LogP contribution < -0.4 is 0 Å². The molecular formula is C20H26N6O. The molecule has 1 aliphatic rings. The molecular weight excluding hydrogens is 340 g/mol. The highest BCUT2D eigenvalue weighted by atomic mass is 16.2. The number of amides is 1. The lowest BCUT2D eigenvalue weighted by atomic mass is 10.1. The molecule has 3 aromatic rings. The zero-order valence-electron chi connectivity index (χ0n) is 16.4. The lowest BCUT2D eigenvalue weighted by Crippen LogP contribution is -2.45. The van der Waals surface area contributed by atoms with Crippen LogP contribution in [0, 0.1) is 6.92 Å². The maximum Gasteiger partial charge on any atom is 0.247 e. The van der Waals surface area contributed by atoms with Crippen LogP contribution in [0.15, 0.2) is 30.5 Å². The molecule has 4 rings (SSSR count). The van der Waals surface area contributed by atoms with E-state index < -0.39 is 6.04 Å². The van der Waals surface area contributed by atoms with Crippen molar-refractivity contribution in [2.75, 3.05) is 20.6 Å². The molecule has 1 aliphatic heterocycles. The third-order valence-electron chi connectivity index (χ3n) is 5.44. The van der Waals surface area contributed by atoms with Gasteiger partial charge in [-0.15, -0.1) is 10.2 Å². The summed E-state index contributed by atoms with van der Waals surface area (Å²) in [4.78, 5) is 16.9. The number of fused-ring (bicyclic) bond motifs is 2. The maximum atomic E-state index is 13.0. The summed E-state index contributed by atoms with van der Waals surface area (Å²) in [6.07, 6.45) is 2.21. The first kappa shape index (κ1) is 17.7. The molecule has 1 aromatic carbocycles. The van der Waals surface area contributed by atoms with Crippen LogP contribution in [0.5, 0.6) is 0 Å². The van der Waals surface area contributed by atoms with E-state index >= 15 is 0 Å². The van der Waals surface area contributed by atoms with Crippen molar-refractivity contribution >= 4 is 16.8 Å². The number of aryl methyl sites for hydroxylation is 2. The van der Waals surface area contributed by atoms with Gasteiger partial charge in [0.15, 0.2) is 11.9 Å². The van der Waals surface area contributed by atoms with E-state index in [0.29, 0.717) is 6.54 Å². The molecule has 0 saturated heterocycles. The molecule has 0 saturated carbocycles. The van der Waals surface area contributed by atoms with Gasteiger partial charge in [0.2, 0.25) is 5.91 Å². The Balaban J connectivity index is 1.74. The Kier molecular flexibility index (Phi) is 4.47. The molecule has 0 radical (unpaired) electrons. The van der Waals surface area contributed by atoms with Crippen LogP contribution in [0.2, 0.25) is 0 Å². The van der Waals surface area contributed by atoms with Gasteiger partial charge in [0.25, 0.3) is 0 Å². The van der Waals surface area contributed by atoms with E-state index in [4.69, 9.17) is 0 Å². The maximum absolute atomic E-state index is 13.0. The fourth-order valence-electron chi connectivity index (χ4n) is 4.01. The van der Waals surface area contributed by atoms with Crippen molar-refractivity contribution in [2.45, 2.75) is 39.5 Å². The van der Waals surface area contributed by atoms with Gasteiger partial charge >= 0.3 is 0 Å². The predicted octanol–water partition coefficient (Wildman–Crippen LogP) is 2.21. The molecule has 1 amide bonds. The SMILES string of the molecule is CCn1cc(CN2CCn3c(C)nnc3C2C(=O)N(C)C)c2ccccc21. The van der Waals surface area contributed by atoms with Crippen LogP contribution in [-0.2, 0) is 24.4 Å². The number of nitrogens with zero attached hydrogens (tertiary/aromatic N) is 6. The smallest absolute Gasteiger partial charge is 0.247 e. The van der Waals surface area contributed by atoms with E-state index in [0.717, 1.165) is 31.3 Å². The van der Waals surface area contributed by atoms with Gasteiger partial charge in [0.05, 0.1) is 0 Å². The summed E-state index contributed by atoms with van der Waals surface area (Å²) >= 11 is 0. The first-order chi connectivity index (χ1) is 13.0. The molecule has 27 heavy (non-hydrogen) atoms. The van der Waals surface area contributed by atoms with Gasteiger partial charge in [-0.05, 0) is 25.5 Å². The Labute approximate surface area is 159 Å². The average molecular weight is 366 g/mol. The lowest BCUT2D eigenvalue weighted by Gasteiger charge is -2.35. The first-order valence-electron chi connectivity index (χ1n) is 9.43. The number of hydrogen-bond acceptors (Lipinski definition) is 4. The number of rotatable bonds is 4. The highest BCUT2D eigenvalue weighted by molar-refractivity contribution is 5.84. The van der Waals surface area contributed by atoms with Crippen LogP contribution >= 0.6 is 0 Å². The fourth-order valence-corrected chi connectivity index (χ4v) is 4.01. The first-order valence-corrected chi connectivity index (χ1v) is 9.43. The van der Waals surface area contributed by atoms with Crippen molar-refractivity contribution in [3.05, 3.63) is 47.7 Å². The van der Waals surface area contributed by atoms with E-state index in [2.05, 4.69) is 61.6 Å². The molecule has 2 aromatic heterocycles. The van der Waals surface area contributed by atoms with Crippen LogP contribution in [0.25, 0.3) is 10.9 Å². The van der Waals surface area contributed by atoms with Gasteiger partial charge in [0, 0.05) is 57.4 Å². The van der Waals surface area contributed by atoms with Gasteiger partial charge in [0.1, 0.15) is 5.82 Å². The van der Waals surface area contributed by atoms with Crippen molar-refractivity contribution in [1.82, 2.24) is 29.1 Å². The summed E-state index contributed by atoms with van der Waals surface area (Å²) in [5.74, 6) is 1.66. The monoisotopic (exact) mass is 366 g/mol. The molecule has 7 nitrogen and oxygen atoms in total. The highest BCUT2D eigenvalue weighted by Crippen LogP contribution is 2.30. The Morgan fingerprint density at radius 1 is 1.22 bits per heavy atom. The molecule has 1 unspecified atom stereocenters. The van der Waals surface area contributed by atoms with Crippen molar-refractivity contribution in [1.29, 1.82) is 0 Å². The summed E-state index contributed by atoms with van der Waals surface area (Å²) in [7, 11) is 3.59. The predicted molar refractivity (Wildman–Crippen MR) is 104 cm³/mol. The third kappa shape index (κ3) is 2.92. The summed E-state index contributed by atoms with van der Waals surface area (Å²) in [5.41, 5.74) is 2.48. The number of benzene rings is 1. The zero-order valence-corrected chi connectivity index (χ0v) is 16.4. The Morgan fingerprint density at radius 2 is 2.00 bits per heavy atom. The number of carbonyl (C=O) groups is 1. The second kappa shape index (κ2) is 6.81. The Hall–Kier alpha value is -2.67. The molecule has 0 aliphatic carbocycles. The van der Waals surface area contributed by atoms with Crippen LogP contribution in [0.4, 0.5) is 0 Å². The Morgan fingerprint density at radius 3 is 2.74 bits per heavy atom. The number of likely N-dealkylation sites (N-methyl/N-ethyl adjacent to an activating group) is 1. The molecule has 1 atom stereocenters. The summed E-state index contributed by atoms with van der Waals surface area (Å²) in [6.45, 7) is 7.33. The standard InChI is InChI=1S/C20H26N6O/c1-5-24-12-15(16-8-6-7-9-17(16)24)13-25-10-11-26-14(2)21-22-19(26)18(25)20(27)23(3)4/h6-9,12,18H,5,10-11,13H2,1-4H3. The quantitative estimate of drug-likeness (QED) is 0.710. The lowest BCUT2D eigenvalue weighted by molar-refractivity contribution is -0.136. The average Bonchev–Trinajstić information content (AvgIpc) is 3.22. The largest absolute Gasteiger partial charge is 0.347 e. The minimum Gasteiger partial charge on any atom is -0.347 e. The van der Waals surface area contributed by atoms with E-state index in [9.17, 15) is 4.79 Å². The minimum absolute atomic E-state index is 0.0441. The summed E-state index contributed by atoms with van der Waals surface area (Å²) in [5, 5.41) is 9.79. The minimum atomic E-state index is -0.404. The Bertz CT molecular complexity index is 986. The molecule has 142 valence electrons. The summed E-state index contributed by atoms with van der Waals surface area (Å²) < 4.78 is 4.34. The molecule has 0 bridgehead atoms. The normalized spacial score (nSPS) is 17.3. The van der Waals surface area contributed by atoms with E-state index in [1.165, 1.54) is 16.5 Å². The van der Waals surface area contributed by atoms with Crippen molar-refractivity contribution in [3.63, 3.8) is 0 Å². The van der Waals surface area contributed by atoms with Crippen molar-refractivity contribution in [2.24, 2.45) is 0 Å². The third-order valence-corrected chi connectivity index (χ3v) is 5.44. The molecule has 0 spiro atoms. The van der Waals surface area contributed by atoms with Crippen molar-refractivity contribution in [3.8, 4) is 0 Å². The number of hydrogen-bond donors (Lipinski definition) is 0. The second-order valence-corrected chi connectivity index (χ2v) is 7.32. The van der Waals surface area contributed by atoms with E-state index in [-0.39, 0.29) is 5.91 Å².